The summed E-state index contributed by atoms with van der Waals surface area (Å²) >= 11 is 3.49. The highest BCUT2D eigenvalue weighted by Crippen LogP contribution is 2.39. The minimum Gasteiger partial charge on any atom is -0.483 e. The van der Waals surface area contributed by atoms with E-state index in [1.165, 1.54) is 0 Å². The molecule has 6 heteroatoms. The fourth-order valence-corrected chi connectivity index (χ4v) is 3.40. The number of fused-ring (bicyclic) bond motifs is 1. The molecule has 1 fully saturated rings. The van der Waals surface area contributed by atoms with Crippen LogP contribution in [0.2, 0.25) is 0 Å². The first-order valence-electron chi connectivity index (χ1n) is 7.75. The van der Waals surface area contributed by atoms with Crippen molar-refractivity contribution < 1.29 is 14.6 Å². The molecule has 0 aliphatic carbocycles. The third-order valence-electron chi connectivity index (χ3n) is 4.08. The Bertz CT molecular complexity index is 657. The molecule has 0 spiro atoms. The van der Waals surface area contributed by atoms with Crippen molar-refractivity contribution in [2.45, 2.75) is 19.4 Å². The molecule has 0 saturated carbocycles. The molecule has 2 heterocycles. The number of hydrogen-bond donors (Lipinski definition) is 1. The van der Waals surface area contributed by atoms with E-state index in [0.717, 1.165) is 28.0 Å². The maximum atomic E-state index is 12.6. The standard InChI is InChI=1S/C17H21BrN2O3/c1-17(2)10-14(13-9-12(18)3-4-15(13)23-17)20-6-5-19(7-8-21)11-16(20)22/h3-4,9-10,21H,5-8,11H2,1-2H3. The number of benzene rings is 1. The molecule has 2 aliphatic rings. The van der Waals surface area contributed by atoms with Gasteiger partial charge in [-0.1, -0.05) is 15.9 Å². The van der Waals surface area contributed by atoms with Gasteiger partial charge in [-0.05, 0) is 38.1 Å². The number of carbonyl (C=O) groups is 1. The average molecular weight is 381 g/mol. The zero-order valence-electron chi connectivity index (χ0n) is 13.4. The van der Waals surface area contributed by atoms with Gasteiger partial charge in [0.05, 0.1) is 18.8 Å². The van der Waals surface area contributed by atoms with Gasteiger partial charge in [0.15, 0.2) is 0 Å². The maximum Gasteiger partial charge on any atom is 0.241 e. The smallest absolute Gasteiger partial charge is 0.241 e. The number of β-amino-alcohol motifs (C(OH)–C–C–N with tert-alkyl or cyclic N) is 1. The maximum absolute atomic E-state index is 12.6. The van der Waals surface area contributed by atoms with Gasteiger partial charge in [0, 0.05) is 29.7 Å². The molecular weight excluding hydrogens is 360 g/mol. The Hall–Kier alpha value is -1.37. The Kier molecular flexibility index (Phi) is 4.49. The van der Waals surface area contributed by atoms with Crippen molar-refractivity contribution >= 4 is 27.5 Å². The van der Waals surface area contributed by atoms with Crippen LogP contribution in [0.25, 0.3) is 5.70 Å². The lowest BCUT2D eigenvalue weighted by molar-refractivity contribution is -0.132. The molecule has 0 atom stereocenters. The van der Waals surface area contributed by atoms with Gasteiger partial charge < -0.3 is 14.7 Å². The number of rotatable bonds is 3. The Morgan fingerprint density at radius 1 is 1.35 bits per heavy atom. The van der Waals surface area contributed by atoms with Crippen LogP contribution in [0.5, 0.6) is 5.75 Å². The van der Waals surface area contributed by atoms with Gasteiger partial charge in [0.2, 0.25) is 5.91 Å². The number of hydrogen-bond acceptors (Lipinski definition) is 4. The van der Waals surface area contributed by atoms with Crippen molar-refractivity contribution in [3.8, 4) is 5.75 Å². The molecule has 23 heavy (non-hydrogen) atoms. The number of ether oxygens (including phenoxy) is 1. The molecule has 1 saturated heterocycles. The van der Waals surface area contributed by atoms with E-state index in [4.69, 9.17) is 9.84 Å². The van der Waals surface area contributed by atoms with E-state index in [0.29, 0.717) is 19.6 Å². The Balaban J connectivity index is 1.93. The molecule has 1 N–H and O–H groups in total. The van der Waals surface area contributed by atoms with E-state index in [-0.39, 0.29) is 12.5 Å². The summed E-state index contributed by atoms with van der Waals surface area (Å²) in [6, 6.07) is 5.86. The third kappa shape index (κ3) is 3.44. The molecule has 5 nitrogen and oxygen atoms in total. The molecule has 0 unspecified atom stereocenters. The van der Waals surface area contributed by atoms with Gasteiger partial charge in [-0.15, -0.1) is 0 Å². The second-order valence-electron chi connectivity index (χ2n) is 6.42. The fourth-order valence-electron chi connectivity index (χ4n) is 3.04. The molecule has 1 aromatic carbocycles. The predicted molar refractivity (Wildman–Crippen MR) is 92.1 cm³/mol. The zero-order valence-corrected chi connectivity index (χ0v) is 15.0. The number of nitrogens with zero attached hydrogens (tertiary/aromatic N) is 2. The number of halogens is 1. The largest absolute Gasteiger partial charge is 0.483 e. The van der Waals surface area contributed by atoms with Crippen LogP contribution in [0.15, 0.2) is 28.7 Å². The highest BCUT2D eigenvalue weighted by molar-refractivity contribution is 9.10. The van der Waals surface area contributed by atoms with Crippen molar-refractivity contribution in [3.05, 3.63) is 34.3 Å². The van der Waals surface area contributed by atoms with Crippen molar-refractivity contribution in [2.75, 3.05) is 32.8 Å². The second-order valence-corrected chi connectivity index (χ2v) is 7.34. The number of aliphatic hydroxyl groups is 1. The molecule has 0 radical (unpaired) electrons. The van der Waals surface area contributed by atoms with Crippen molar-refractivity contribution in [1.29, 1.82) is 0 Å². The van der Waals surface area contributed by atoms with E-state index in [1.54, 1.807) is 0 Å². The monoisotopic (exact) mass is 380 g/mol. The summed E-state index contributed by atoms with van der Waals surface area (Å²) in [7, 11) is 0. The third-order valence-corrected chi connectivity index (χ3v) is 4.57. The van der Waals surface area contributed by atoms with Gasteiger partial charge in [0.25, 0.3) is 0 Å². The summed E-state index contributed by atoms with van der Waals surface area (Å²) in [6.45, 7) is 6.31. The van der Waals surface area contributed by atoms with E-state index in [1.807, 2.05) is 47.9 Å². The van der Waals surface area contributed by atoms with Crippen LogP contribution in [-0.4, -0.2) is 59.2 Å². The van der Waals surface area contributed by atoms with Crippen LogP contribution in [0.3, 0.4) is 0 Å². The topological polar surface area (TPSA) is 53.0 Å². The SMILES string of the molecule is CC1(C)C=C(N2CCN(CCO)CC2=O)c2cc(Br)ccc2O1. The predicted octanol–water partition coefficient (Wildman–Crippen LogP) is 2.10. The summed E-state index contributed by atoms with van der Waals surface area (Å²) in [5.41, 5.74) is 1.38. The second kappa shape index (κ2) is 6.26. The lowest BCUT2D eigenvalue weighted by Crippen LogP contribution is -2.50. The molecule has 124 valence electrons. The first-order chi connectivity index (χ1) is 10.9. The van der Waals surface area contributed by atoms with E-state index < -0.39 is 5.60 Å². The summed E-state index contributed by atoms with van der Waals surface area (Å²) in [5, 5.41) is 9.05. The van der Waals surface area contributed by atoms with Gasteiger partial charge in [-0.2, -0.15) is 0 Å². The van der Waals surface area contributed by atoms with E-state index >= 15 is 0 Å². The molecule has 3 rings (SSSR count). The van der Waals surface area contributed by atoms with E-state index in [9.17, 15) is 4.79 Å². The normalized spacial score (nSPS) is 20.8. The highest BCUT2D eigenvalue weighted by atomic mass is 79.9. The van der Waals surface area contributed by atoms with E-state index in [2.05, 4.69) is 15.9 Å². The van der Waals surface area contributed by atoms with Crippen LogP contribution >= 0.6 is 15.9 Å². The quantitative estimate of drug-likeness (QED) is 0.872. The molecule has 0 bridgehead atoms. The molecule has 1 amide bonds. The fraction of sp³-hybridized carbons (Fsp3) is 0.471. The van der Waals surface area contributed by atoms with Gasteiger partial charge >= 0.3 is 0 Å². The van der Waals surface area contributed by atoms with Crippen molar-refractivity contribution in [3.63, 3.8) is 0 Å². The average Bonchev–Trinajstić information content (AvgIpc) is 2.47. The molecule has 1 aromatic rings. The Labute approximate surface area is 144 Å². The van der Waals surface area contributed by atoms with Crippen LogP contribution in [0, 0.1) is 0 Å². The van der Waals surface area contributed by atoms with Gasteiger partial charge in [-0.3, -0.25) is 9.69 Å². The van der Waals surface area contributed by atoms with Crippen LogP contribution in [0.4, 0.5) is 0 Å². The lowest BCUT2D eigenvalue weighted by Gasteiger charge is -2.39. The summed E-state index contributed by atoms with van der Waals surface area (Å²) < 4.78 is 6.97. The van der Waals surface area contributed by atoms with Crippen molar-refractivity contribution in [1.82, 2.24) is 9.80 Å². The lowest BCUT2D eigenvalue weighted by atomic mass is 9.98. The van der Waals surface area contributed by atoms with Crippen molar-refractivity contribution in [2.24, 2.45) is 0 Å². The van der Waals surface area contributed by atoms with Crippen LogP contribution < -0.4 is 4.74 Å². The van der Waals surface area contributed by atoms with Crippen LogP contribution in [-0.2, 0) is 4.79 Å². The highest BCUT2D eigenvalue weighted by Gasteiger charge is 2.33. The Morgan fingerprint density at radius 3 is 2.83 bits per heavy atom. The summed E-state index contributed by atoms with van der Waals surface area (Å²) in [4.78, 5) is 16.4. The van der Waals surface area contributed by atoms with Gasteiger partial charge in [0.1, 0.15) is 11.4 Å². The zero-order chi connectivity index (χ0) is 16.6. The number of piperazine rings is 1. The first-order valence-corrected chi connectivity index (χ1v) is 8.54. The molecule has 2 aliphatic heterocycles. The molecular formula is C17H21BrN2O3. The minimum atomic E-state index is -0.460. The summed E-state index contributed by atoms with van der Waals surface area (Å²) in [5.74, 6) is 0.848. The van der Waals surface area contributed by atoms with Gasteiger partial charge in [-0.25, -0.2) is 0 Å². The molecule has 0 aromatic heterocycles. The van der Waals surface area contributed by atoms with Crippen LogP contribution in [0.1, 0.15) is 19.4 Å². The Morgan fingerprint density at radius 2 is 2.13 bits per heavy atom. The number of carbonyl (C=O) groups excluding carboxylic acids is 1. The number of amides is 1. The first kappa shape index (κ1) is 16.5. The minimum absolute atomic E-state index is 0.0552. The summed E-state index contributed by atoms with van der Waals surface area (Å²) in [6.07, 6.45) is 2.02. The number of aliphatic hydroxyl groups excluding tert-OH is 1.